The minimum absolute atomic E-state index is 0.0531. The standard InChI is InChI=1S/C13H17N3O2S/c17-8-10-3-6-15(7-4-10)9-16-13(18)11-2-1-5-14-12(11)19-16/h1-2,5,10,17H,3-4,6-9H2. The van der Waals surface area contributed by atoms with Crippen molar-refractivity contribution in [3.63, 3.8) is 0 Å². The SMILES string of the molecule is O=c1c2cccnc2sn1CN1CCC(CO)CC1. The predicted molar refractivity (Wildman–Crippen MR) is 75.3 cm³/mol. The zero-order valence-electron chi connectivity index (χ0n) is 10.7. The number of pyridine rings is 1. The molecular formula is C13H17N3O2S. The first-order valence-electron chi connectivity index (χ1n) is 6.56. The lowest BCUT2D eigenvalue weighted by molar-refractivity contribution is 0.113. The summed E-state index contributed by atoms with van der Waals surface area (Å²) in [5, 5.41) is 9.83. The maximum Gasteiger partial charge on any atom is 0.271 e. The molecule has 2 aromatic heterocycles. The van der Waals surface area contributed by atoms with E-state index in [2.05, 4.69) is 9.88 Å². The number of rotatable bonds is 3. The van der Waals surface area contributed by atoms with Crippen molar-refractivity contribution in [3.8, 4) is 0 Å². The fourth-order valence-corrected chi connectivity index (χ4v) is 3.46. The van der Waals surface area contributed by atoms with Gasteiger partial charge in [0.15, 0.2) is 0 Å². The summed E-state index contributed by atoms with van der Waals surface area (Å²) in [5.74, 6) is 0.428. The number of fused-ring (bicyclic) bond motifs is 1. The number of aromatic nitrogens is 2. The molecule has 5 nitrogen and oxygen atoms in total. The highest BCUT2D eigenvalue weighted by Gasteiger charge is 2.19. The van der Waals surface area contributed by atoms with Crippen LogP contribution in [0.4, 0.5) is 0 Å². The van der Waals surface area contributed by atoms with Crippen molar-refractivity contribution in [2.45, 2.75) is 19.5 Å². The second kappa shape index (κ2) is 5.40. The molecule has 1 N–H and O–H groups in total. The Balaban J connectivity index is 1.75. The van der Waals surface area contributed by atoms with Gasteiger partial charge in [0.25, 0.3) is 5.56 Å². The number of hydrogen-bond donors (Lipinski definition) is 1. The van der Waals surface area contributed by atoms with E-state index >= 15 is 0 Å². The largest absolute Gasteiger partial charge is 0.396 e. The van der Waals surface area contributed by atoms with E-state index < -0.39 is 0 Å². The van der Waals surface area contributed by atoms with Crippen molar-refractivity contribution in [3.05, 3.63) is 28.7 Å². The summed E-state index contributed by atoms with van der Waals surface area (Å²) in [7, 11) is 0. The van der Waals surface area contributed by atoms with Crippen molar-refractivity contribution in [2.24, 2.45) is 5.92 Å². The predicted octanol–water partition coefficient (Wildman–Crippen LogP) is 1.12. The monoisotopic (exact) mass is 279 g/mol. The number of nitrogens with zero attached hydrogens (tertiary/aromatic N) is 3. The molecule has 1 saturated heterocycles. The Bertz CT molecular complexity index is 614. The van der Waals surface area contributed by atoms with E-state index in [0.717, 1.165) is 30.8 Å². The van der Waals surface area contributed by atoms with Gasteiger partial charge in [-0.3, -0.25) is 9.69 Å². The molecule has 1 aliphatic heterocycles. The van der Waals surface area contributed by atoms with Crippen LogP contribution in [0, 0.1) is 5.92 Å². The average molecular weight is 279 g/mol. The van der Waals surface area contributed by atoms with Crippen molar-refractivity contribution in [2.75, 3.05) is 19.7 Å². The van der Waals surface area contributed by atoms with Gasteiger partial charge in [-0.25, -0.2) is 8.94 Å². The average Bonchev–Trinajstić information content (AvgIpc) is 2.77. The molecule has 1 aliphatic rings. The summed E-state index contributed by atoms with van der Waals surface area (Å²) in [6.45, 7) is 2.80. The fraction of sp³-hybridized carbons (Fsp3) is 0.538. The van der Waals surface area contributed by atoms with Crippen LogP contribution in [0.3, 0.4) is 0 Å². The maximum absolute atomic E-state index is 12.2. The molecule has 2 aromatic rings. The Labute approximate surface area is 115 Å². The Kier molecular flexibility index (Phi) is 3.63. The third-order valence-corrected chi connectivity index (χ3v) is 4.72. The highest BCUT2D eigenvalue weighted by atomic mass is 32.1. The molecule has 0 aromatic carbocycles. The molecule has 1 fully saturated rings. The van der Waals surface area contributed by atoms with Crippen LogP contribution in [0.1, 0.15) is 12.8 Å². The minimum Gasteiger partial charge on any atom is -0.396 e. The first-order valence-corrected chi connectivity index (χ1v) is 7.33. The number of piperidine rings is 1. The summed E-state index contributed by atoms with van der Waals surface area (Å²) >= 11 is 1.43. The zero-order chi connectivity index (χ0) is 13.2. The highest BCUT2D eigenvalue weighted by molar-refractivity contribution is 7.13. The topological polar surface area (TPSA) is 58.4 Å². The molecule has 0 unspecified atom stereocenters. The van der Waals surface area contributed by atoms with Crippen LogP contribution in [0.15, 0.2) is 23.1 Å². The number of aliphatic hydroxyl groups is 1. The van der Waals surface area contributed by atoms with Crippen LogP contribution in [-0.2, 0) is 6.67 Å². The van der Waals surface area contributed by atoms with Crippen molar-refractivity contribution < 1.29 is 5.11 Å². The Morgan fingerprint density at radius 2 is 2.21 bits per heavy atom. The zero-order valence-corrected chi connectivity index (χ0v) is 11.5. The second-order valence-electron chi connectivity index (χ2n) is 5.02. The summed E-state index contributed by atoms with van der Waals surface area (Å²) < 4.78 is 1.77. The van der Waals surface area contributed by atoms with Gasteiger partial charge >= 0.3 is 0 Å². The van der Waals surface area contributed by atoms with Crippen LogP contribution >= 0.6 is 11.5 Å². The fourth-order valence-electron chi connectivity index (χ4n) is 2.49. The molecule has 3 heterocycles. The maximum atomic E-state index is 12.2. The van der Waals surface area contributed by atoms with Gasteiger partial charge in [-0.1, -0.05) is 0 Å². The van der Waals surface area contributed by atoms with Gasteiger partial charge in [0.2, 0.25) is 0 Å². The van der Waals surface area contributed by atoms with E-state index in [9.17, 15) is 4.79 Å². The van der Waals surface area contributed by atoms with Gasteiger partial charge in [0, 0.05) is 25.9 Å². The van der Waals surface area contributed by atoms with Crippen molar-refractivity contribution in [1.29, 1.82) is 0 Å². The molecule has 0 aliphatic carbocycles. The molecule has 3 rings (SSSR count). The van der Waals surface area contributed by atoms with Crippen LogP contribution in [0.25, 0.3) is 10.2 Å². The third kappa shape index (κ3) is 2.56. The van der Waals surface area contributed by atoms with Gasteiger partial charge in [-0.15, -0.1) is 0 Å². The van der Waals surface area contributed by atoms with Gasteiger partial charge in [-0.05, 0) is 42.4 Å². The minimum atomic E-state index is 0.0531. The van der Waals surface area contributed by atoms with Gasteiger partial charge in [0.05, 0.1) is 12.1 Å². The Morgan fingerprint density at radius 1 is 1.42 bits per heavy atom. The van der Waals surface area contributed by atoms with Crippen LogP contribution < -0.4 is 5.56 Å². The number of likely N-dealkylation sites (tertiary alicyclic amines) is 1. The Hall–Kier alpha value is -1.24. The quantitative estimate of drug-likeness (QED) is 0.914. The third-order valence-electron chi connectivity index (χ3n) is 3.72. The highest BCUT2D eigenvalue weighted by Crippen LogP contribution is 2.18. The van der Waals surface area contributed by atoms with Crippen molar-refractivity contribution >= 4 is 21.7 Å². The smallest absolute Gasteiger partial charge is 0.271 e. The van der Waals surface area contributed by atoms with E-state index in [1.165, 1.54) is 11.5 Å². The lowest BCUT2D eigenvalue weighted by atomic mass is 9.98. The normalized spacial score (nSPS) is 18.2. The summed E-state index contributed by atoms with van der Waals surface area (Å²) in [4.78, 5) is 19.5. The van der Waals surface area contributed by atoms with E-state index in [1.807, 2.05) is 6.07 Å². The number of hydrogen-bond acceptors (Lipinski definition) is 5. The Morgan fingerprint density at radius 3 is 2.89 bits per heavy atom. The molecule has 0 atom stereocenters. The molecule has 0 bridgehead atoms. The van der Waals surface area contributed by atoms with Crippen LogP contribution in [-0.4, -0.2) is 38.6 Å². The van der Waals surface area contributed by atoms with Crippen LogP contribution in [0.2, 0.25) is 0 Å². The second-order valence-corrected chi connectivity index (χ2v) is 6.03. The van der Waals surface area contributed by atoms with E-state index in [0.29, 0.717) is 18.0 Å². The molecule has 0 radical (unpaired) electrons. The molecule has 0 spiro atoms. The summed E-state index contributed by atoms with van der Waals surface area (Å²) in [6, 6.07) is 3.63. The molecule has 0 saturated carbocycles. The van der Waals surface area contributed by atoms with Crippen molar-refractivity contribution in [1.82, 2.24) is 13.8 Å². The first-order chi connectivity index (χ1) is 9.28. The summed E-state index contributed by atoms with van der Waals surface area (Å²) in [6.07, 6.45) is 3.73. The first kappa shape index (κ1) is 12.8. The van der Waals surface area contributed by atoms with Crippen LogP contribution in [0.5, 0.6) is 0 Å². The van der Waals surface area contributed by atoms with Gasteiger partial charge in [0.1, 0.15) is 4.83 Å². The van der Waals surface area contributed by atoms with Gasteiger partial charge in [-0.2, -0.15) is 0 Å². The molecule has 6 heteroatoms. The van der Waals surface area contributed by atoms with E-state index in [-0.39, 0.29) is 12.2 Å². The molecular weight excluding hydrogens is 262 g/mol. The van der Waals surface area contributed by atoms with E-state index in [1.54, 1.807) is 16.2 Å². The lowest BCUT2D eigenvalue weighted by Crippen LogP contribution is -2.37. The molecule has 0 amide bonds. The summed E-state index contributed by atoms with van der Waals surface area (Å²) in [5.41, 5.74) is 0.0531. The molecule has 19 heavy (non-hydrogen) atoms. The van der Waals surface area contributed by atoms with Gasteiger partial charge < -0.3 is 5.11 Å². The lowest BCUT2D eigenvalue weighted by Gasteiger charge is -2.30. The molecule has 102 valence electrons. The van der Waals surface area contributed by atoms with E-state index in [4.69, 9.17) is 5.11 Å². The number of aliphatic hydroxyl groups excluding tert-OH is 1.